The van der Waals surface area contributed by atoms with Crippen LogP contribution in [0.25, 0.3) is 10.1 Å². The van der Waals surface area contributed by atoms with E-state index in [9.17, 15) is 0 Å². The molecule has 0 fully saturated rings. The van der Waals surface area contributed by atoms with Crippen molar-refractivity contribution in [3.63, 3.8) is 0 Å². The molecule has 0 aliphatic rings. The predicted octanol–water partition coefficient (Wildman–Crippen LogP) is 4.95. The van der Waals surface area contributed by atoms with E-state index in [1.165, 1.54) is 21.3 Å². The second kappa shape index (κ2) is 6.69. The summed E-state index contributed by atoms with van der Waals surface area (Å²) < 4.78 is 1.37. The highest BCUT2D eigenvalue weighted by atomic mass is 32.1. The Morgan fingerprint density at radius 3 is 2.81 bits per heavy atom. The molecule has 2 aromatic heterocycles. The lowest BCUT2D eigenvalue weighted by atomic mass is 10.0. The van der Waals surface area contributed by atoms with Gasteiger partial charge in [-0.05, 0) is 48.7 Å². The summed E-state index contributed by atoms with van der Waals surface area (Å²) in [6.45, 7) is 5.31. The highest BCUT2D eigenvalue weighted by Crippen LogP contribution is 2.29. The van der Waals surface area contributed by atoms with Gasteiger partial charge in [-0.2, -0.15) is 0 Å². The largest absolute Gasteiger partial charge is 0.308 e. The summed E-state index contributed by atoms with van der Waals surface area (Å²) in [5, 5.41) is 10.7. The number of thiazole rings is 1. The van der Waals surface area contributed by atoms with Crippen LogP contribution in [0.3, 0.4) is 0 Å². The molecule has 0 bridgehead atoms. The lowest BCUT2D eigenvalue weighted by Gasteiger charge is -2.16. The third kappa shape index (κ3) is 3.34. The minimum absolute atomic E-state index is 0.313. The van der Waals surface area contributed by atoms with Gasteiger partial charge in [-0.1, -0.05) is 25.1 Å². The van der Waals surface area contributed by atoms with E-state index in [0.29, 0.717) is 6.04 Å². The molecule has 21 heavy (non-hydrogen) atoms. The number of nitrogens with one attached hydrogen (secondary N) is 1. The Hall–Kier alpha value is -1.23. The number of thiophene rings is 1. The Morgan fingerprint density at radius 1 is 1.19 bits per heavy atom. The average molecular weight is 316 g/mol. The first kappa shape index (κ1) is 14.7. The van der Waals surface area contributed by atoms with E-state index in [2.05, 4.69) is 59.2 Å². The first-order valence-electron chi connectivity index (χ1n) is 7.38. The van der Waals surface area contributed by atoms with Gasteiger partial charge in [0.1, 0.15) is 0 Å². The molecule has 0 spiro atoms. The zero-order valence-corrected chi connectivity index (χ0v) is 14.1. The fourth-order valence-corrected chi connectivity index (χ4v) is 4.19. The van der Waals surface area contributed by atoms with Gasteiger partial charge in [-0.25, -0.2) is 4.98 Å². The van der Waals surface area contributed by atoms with Crippen LogP contribution in [0.15, 0.2) is 35.0 Å². The van der Waals surface area contributed by atoms with E-state index < -0.39 is 0 Å². The minimum atomic E-state index is 0.313. The molecule has 0 radical (unpaired) electrons. The Morgan fingerprint density at radius 2 is 2.05 bits per heavy atom. The van der Waals surface area contributed by atoms with Crippen molar-refractivity contribution in [2.24, 2.45) is 0 Å². The first-order chi connectivity index (χ1) is 10.3. The van der Waals surface area contributed by atoms with Crippen LogP contribution < -0.4 is 5.32 Å². The quantitative estimate of drug-likeness (QED) is 0.696. The molecule has 0 aliphatic heterocycles. The van der Waals surface area contributed by atoms with Gasteiger partial charge in [0.05, 0.1) is 16.7 Å². The van der Waals surface area contributed by atoms with Gasteiger partial charge in [0.25, 0.3) is 0 Å². The van der Waals surface area contributed by atoms with Crippen molar-refractivity contribution in [2.45, 2.75) is 32.7 Å². The average Bonchev–Trinajstić information content (AvgIpc) is 3.10. The smallest absolute Gasteiger partial charge is 0.0898 e. The molecule has 3 rings (SSSR count). The van der Waals surface area contributed by atoms with E-state index in [4.69, 9.17) is 0 Å². The van der Waals surface area contributed by atoms with Crippen LogP contribution in [0.2, 0.25) is 0 Å². The summed E-state index contributed by atoms with van der Waals surface area (Å²) in [6.07, 6.45) is 2.15. The van der Waals surface area contributed by atoms with E-state index in [1.807, 2.05) is 11.3 Å². The van der Waals surface area contributed by atoms with Crippen molar-refractivity contribution in [3.05, 3.63) is 51.3 Å². The van der Waals surface area contributed by atoms with E-state index in [1.54, 1.807) is 11.3 Å². The summed E-state index contributed by atoms with van der Waals surface area (Å²) >= 11 is 3.57. The van der Waals surface area contributed by atoms with Crippen molar-refractivity contribution in [2.75, 3.05) is 6.54 Å². The SMILES string of the molecule is CCCNC(Cc1csc2ccccc12)c1csc(C)n1. The van der Waals surface area contributed by atoms with Crippen LogP contribution in [-0.4, -0.2) is 11.5 Å². The zero-order chi connectivity index (χ0) is 14.7. The molecular formula is C17H20N2S2. The Balaban J connectivity index is 1.87. The number of hydrogen-bond acceptors (Lipinski definition) is 4. The lowest BCUT2D eigenvalue weighted by molar-refractivity contribution is 0.521. The Kier molecular flexibility index (Phi) is 4.68. The maximum absolute atomic E-state index is 4.68. The van der Waals surface area contributed by atoms with Crippen LogP contribution >= 0.6 is 22.7 Å². The van der Waals surface area contributed by atoms with Gasteiger partial charge < -0.3 is 5.32 Å². The van der Waals surface area contributed by atoms with Crippen LogP contribution in [0.5, 0.6) is 0 Å². The summed E-state index contributed by atoms with van der Waals surface area (Å²) in [4.78, 5) is 4.68. The van der Waals surface area contributed by atoms with Crippen molar-refractivity contribution in [1.82, 2.24) is 10.3 Å². The monoisotopic (exact) mass is 316 g/mol. The number of benzene rings is 1. The van der Waals surface area contributed by atoms with Gasteiger partial charge in [0.15, 0.2) is 0 Å². The fraction of sp³-hybridized carbons (Fsp3) is 0.353. The van der Waals surface area contributed by atoms with Gasteiger partial charge >= 0.3 is 0 Å². The molecule has 1 unspecified atom stereocenters. The zero-order valence-electron chi connectivity index (χ0n) is 12.4. The molecule has 1 atom stereocenters. The van der Waals surface area contributed by atoms with Gasteiger partial charge in [0.2, 0.25) is 0 Å². The summed E-state index contributed by atoms with van der Waals surface area (Å²) in [6, 6.07) is 8.97. The van der Waals surface area contributed by atoms with Crippen molar-refractivity contribution in [3.8, 4) is 0 Å². The summed E-state index contributed by atoms with van der Waals surface area (Å²) in [7, 11) is 0. The maximum Gasteiger partial charge on any atom is 0.0898 e. The molecule has 3 aromatic rings. The molecule has 0 aliphatic carbocycles. The normalized spacial score (nSPS) is 12.9. The standard InChI is InChI=1S/C17H20N2S2/c1-3-8-18-15(16-11-20-12(2)19-16)9-13-10-21-17-7-5-4-6-14(13)17/h4-7,10-11,15,18H,3,8-9H2,1-2H3. The highest BCUT2D eigenvalue weighted by Gasteiger charge is 2.16. The Bertz CT molecular complexity index is 714. The number of hydrogen-bond donors (Lipinski definition) is 1. The maximum atomic E-state index is 4.68. The Labute approximate surface area is 133 Å². The fourth-order valence-electron chi connectivity index (χ4n) is 2.55. The molecule has 110 valence electrons. The molecule has 2 nitrogen and oxygen atoms in total. The second-order valence-corrected chi connectivity index (χ2v) is 7.23. The van der Waals surface area contributed by atoms with Crippen molar-refractivity contribution in [1.29, 1.82) is 0 Å². The number of fused-ring (bicyclic) bond motifs is 1. The second-order valence-electron chi connectivity index (χ2n) is 5.26. The van der Waals surface area contributed by atoms with E-state index in [-0.39, 0.29) is 0 Å². The van der Waals surface area contributed by atoms with Crippen LogP contribution in [0.1, 0.15) is 35.7 Å². The number of rotatable bonds is 6. The van der Waals surface area contributed by atoms with Crippen molar-refractivity contribution >= 4 is 32.8 Å². The number of aromatic nitrogens is 1. The van der Waals surface area contributed by atoms with Gasteiger partial charge in [-0.3, -0.25) is 0 Å². The molecule has 4 heteroatoms. The molecule has 1 N–H and O–H groups in total. The third-order valence-electron chi connectivity index (χ3n) is 3.62. The molecule has 2 heterocycles. The molecule has 0 saturated carbocycles. The van der Waals surface area contributed by atoms with Crippen LogP contribution in [0.4, 0.5) is 0 Å². The molecular weight excluding hydrogens is 296 g/mol. The van der Waals surface area contributed by atoms with E-state index >= 15 is 0 Å². The third-order valence-corrected chi connectivity index (χ3v) is 5.42. The van der Waals surface area contributed by atoms with E-state index in [0.717, 1.165) is 24.4 Å². The summed E-state index contributed by atoms with van der Waals surface area (Å²) in [5.41, 5.74) is 2.61. The highest BCUT2D eigenvalue weighted by molar-refractivity contribution is 7.17. The number of aryl methyl sites for hydroxylation is 1. The minimum Gasteiger partial charge on any atom is -0.308 e. The first-order valence-corrected chi connectivity index (χ1v) is 9.14. The summed E-state index contributed by atoms with van der Waals surface area (Å²) in [5.74, 6) is 0. The van der Waals surface area contributed by atoms with Gasteiger partial charge in [0, 0.05) is 10.1 Å². The molecule has 0 amide bonds. The topological polar surface area (TPSA) is 24.9 Å². The molecule has 0 saturated heterocycles. The van der Waals surface area contributed by atoms with Crippen LogP contribution in [0, 0.1) is 6.92 Å². The van der Waals surface area contributed by atoms with Gasteiger partial charge in [-0.15, -0.1) is 22.7 Å². The lowest BCUT2D eigenvalue weighted by Crippen LogP contribution is -2.24. The van der Waals surface area contributed by atoms with Crippen LogP contribution in [-0.2, 0) is 6.42 Å². The molecule has 1 aromatic carbocycles. The van der Waals surface area contributed by atoms with Crippen molar-refractivity contribution < 1.29 is 0 Å². The predicted molar refractivity (Wildman–Crippen MR) is 93.4 cm³/mol. The number of nitrogens with zero attached hydrogens (tertiary/aromatic N) is 1.